The quantitative estimate of drug-likeness (QED) is 0.796. The maximum Gasteiger partial charge on any atom is 0.573 e. The van der Waals surface area contributed by atoms with Gasteiger partial charge >= 0.3 is 6.36 Å². The van der Waals surface area contributed by atoms with E-state index < -0.39 is 6.36 Å². The van der Waals surface area contributed by atoms with Crippen LogP contribution in [0.5, 0.6) is 5.75 Å². The lowest BCUT2D eigenvalue weighted by molar-refractivity contribution is -0.274. The first-order valence-corrected chi connectivity index (χ1v) is 4.64. The van der Waals surface area contributed by atoms with E-state index in [1.807, 2.05) is 6.07 Å². The summed E-state index contributed by atoms with van der Waals surface area (Å²) in [5.74, 6) is -0.228. The van der Waals surface area contributed by atoms with Gasteiger partial charge in [-0.3, -0.25) is 0 Å². The SMILES string of the molecule is Cc1ccc(OC(F)(F)F)c(CCC#N)c1. The zero-order chi connectivity index (χ0) is 12.2. The Kier molecular flexibility index (Phi) is 3.78. The van der Waals surface area contributed by atoms with Gasteiger partial charge in [0.15, 0.2) is 0 Å². The fourth-order valence-electron chi connectivity index (χ4n) is 1.32. The maximum atomic E-state index is 12.1. The van der Waals surface area contributed by atoms with Gasteiger partial charge in [-0.1, -0.05) is 17.7 Å². The van der Waals surface area contributed by atoms with Gasteiger partial charge in [0.05, 0.1) is 6.07 Å². The largest absolute Gasteiger partial charge is 0.573 e. The molecule has 0 fully saturated rings. The van der Waals surface area contributed by atoms with E-state index in [0.717, 1.165) is 5.56 Å². The Morgan fingerprint density at radius 3 is 2.62 bits per heavy atom. The van der Waals surface area contributed by atoms with Gasteiger partial charge in [0.25, 0.3) is 0 Å². The molecule has 5 heteroatoms. The number of benzene rings is 1. The van der Waals surface area contributed by atoms with Crippen molar-refractivity contribution in [3.8, 4) is 11.8 Å². The number of alkyl halides is 3. The standard InChI is InChI=1S/C11H10F3NO/c1-8-4-5-10(16-11(12,13)14)9(7-8)3-2-6-15/h4-5,7H,2-3H2,1H3. The molecule has 0 unspecified atom stereocenters. The van der Waals surface area contributed by atoms with E-state index in [1.54, 1.807) is 13.0 Å². The summed E-state index contributed by atoms with van der Waals surface area (Å²) in [4.78, 5) is 0. The number of aryl methyl sites for hydroxylation is 2. The first-order chi connectivity index (χ1) is 7.42. The van der Waals surface area contributed by atoms with E-state index in [2.05, 4.69) is 4.74 Å². The fourth-order valence-corrected chi connectivity index (χ4v) is 1.32. The number of halogens is 3. The van der Waals surface area contributed by atoms with Crippen molar-refractivity contribution in [2.24, 2.45) is 0 Å². The molecule has 0 aliphatic rings. The molecule has 1 aromatic carbocycles. The summed E-state index contributed by atoms with van der Waals surface area (Å²) in [5, 5.41) is 8.41. The summed E-state index contributed by atoms with van der Waals surface area (Å²) in [6.07, 6.45) is -4.28. The van der Waals surface area contributed by atoms with E-state index in [1.165, 1.54) is 12.1 Å². The van der Waals surface area contributed by atoms with Gasteiger partial charge < -0.3 is 4.74 Å². The highest BCUT2D eigenvalue weighted by atomic mass is 19.4. The first kappa shape index (κ1) is 12.4. The van der Waals surface area contributed by atoms with Crippen LogP contribution in [0, 0.1) is 18.3 Å². The first-order valence-electron chi connectivity index (χ1n) is 4.64. The second-order valence-electron chi connectivity index (χ2n) is 3.32. The molecule has 1 aromatic rings. The number of nitriles is 1. The zero-order valence-corrected chi connectivity index (χ0v) is 8.64. The topological polar surface area (TPSA) is 33.0 Å². The molecule has 16 heavy (non-hydrogen) atoms. The van der Waals surface area contributed by atoms with Gasteiger partial charge in [-0.05, 0) is 25.0 Å². The highest BCUT2D eigenvalue weighted by Crippen LogP contribution is 2.27. The molecule has 0 saturated heterocycles. The predicted molar refractivity (Wildman–Crippen MR) is 51.8 cm³/mol. The monoisotopic (exact) mass is 229 g/mol. The Hall–Kier alpha value is -1.70. The number of nitrogens with zero attached hydrogens (tertiary/aromatic N) is 1. The minimum absolute atomic E-state index is 0.164. The molecule has 0 bridgehead atoms. The van der Waals surface area contributed by atoms with E-state index >= 15 is 0 Å². The van der Waals surface area contributed by atoms with Gasteiger partial charge in [0.1, 0.15) is 5.75 Å². The van der Waals surface area contributed by atoms with Crippen molar-refractivity contribution in [3.05, 3.63) is 29.3 Å². The smallest absolute Gasteiger partial charge is 0.406 e. The molecule has 0 aromatic heterocycles. The van der Waals surface area contributed by atoms with Crippen molar-refractivity contribution in [3.63, 3.8) is 0 Å². The highest BCUT2D eigenvalue weighted by molar-refractivity contribution is 5.37. The summed E-state index contributed by atoms with van der Waals surface area (Å²) in [7, 11) is 0. The van der Waals surface area contributed by atoms with Crippen LogP contribution < -0.4 is 4.74 Å². The van der Waals surface area contributed by atoms with Crippen molar-refractivity contribution >= 4 is 0 Å². The van der Waals surface area contributed by atoms with Crippen molar-refractivity contribution in [1.82, 2.24) is 0 Å². The molecular formula is C11H10F3NO. The van der Waals surface area contributed by atoms with Crippen LogP contribution >= 0.6 is 0 Å². The van der Waals surface area contributed by atoms with Crippen LogP contribution in [0.3, 0.4) is 0 Å². The van der Waals surface area contributed by atoms with Gasteiger partial charge in [-0.15, -0.1) is 13.2 Å². The lowest BCUT2D eigenvalue weighted by Gasteiger charge is -2.13. The molecule has 0 amide bonds. The van der Waals surface area contributed by atoms with Gasteiger partial charge in [0, 0.05) is 6.42 Å². The van der Waals surface area contributed by atoms with E-state index in [9.17, 15) is 13.2 Å². The van der Waals surface area contributed by atoms with Crippen molar-refractivity contribution in [2.75, 3.05) is 0 Å². The van der Waals surface area contributed by atoms with Gasteiger partial charge in [-0.2, -0.15) is 5.26 Å². The van der Waals surface area contributed by atoms with Crippen LogP contribution in [-0.2, 0) is 6.42 Å². The molecule has 0 spiro atoms. The fraction of sp³-hybridized carbons (Fsp3) is 0.364. The summed E-state index contributed by atoms with van der Waals surface area (Å²) in [6, 6.07) is 6.30. The summed E-state index contributed by atoms with van der Waals surface area (Å²) in [6.45, 7) is 1.77. The summed E-state index contributed by atoms with van der Waals surface area (Å²) >= 11 is 0. The maximum absolute atomic E-state index is 12.1. The minimum atomic E-state index is -4.70. The Balaban J connectivity index is 2.94. The van der Waals surface area contributed by atoms with Crippen molar-refractivity contribution in [2.45, 2.75) is 26.1 Å². The molecule has 0 N–H and O–H groups in total. The van der Waals surface area contributed by atoms with Crippen LogP contribution in [0.15, 0.2) is 18.2 Å². The number of rotatable bonds is 3. The minimum Gasteiger partial charge on any atom is -0.406 e. The Labute approximate surface area is 91.3 Å². The van der Waals surface area contributed by atoms with Crippen molar-refractivity contribution in [1.29, 1.82) is 5.26 Å². The average molecular weight is 229 g/mol. The highest BCUT2D eigenvalue weighted by Gasteiger charge is 2.31. The second-order valence-corrected chi connectivity index (χ2v) is 3.32. The molecule has 0 radical (unpaired) electrons. The Morgan fingerprint density at radius 2 is 2.06 bits per heavy atom. The second kappa shape index (κ2) is 4.88. The molecule has 2 nitrogen and oxygen atoms in total. The molecule has 0 heterocycles. The lowest BCUT2D eigenvalue weighted by Crippen LogP contribution is -2.18. The van der Waals surface area contributed by atoms with Gasteiger partial charge in [0.2, 0.25) is 0 Å². The van der Waals surface area contributed by atoms with Crippen LogP contribution in [0.25, 0.3) is 0 Å². The zero-order valence-electron chi connectivity index (χ0n) is 8.64. The van der Waals surface area contributed by atoms with Crippen LogP contribution in [0.4, 0.5) is 13.2 Å². The Bertz CT molecular complexity index is 407. The third kappa shape index (κ3) is 3.81. The number of hydrogen-bond acceptors (Lipinski definition) is 2. The van der Waals surface area contributed by atoms with E-state index in [4.69, 9.17) is 5.26 Å². The third-order valence-electron chi connectivity index (χ3n) is 1.95. The van der Waals surface area contributed by atoms with Crippen LogP contribution in [0.2, 0.25) is 0 Å². The summed E-state index contributed by atoms with van der Waals surface area (Å²) in [5.41, 5.74) is 1.24. The molecule has 0 aliphatic carbocycles. The molecule has 0 saturated carbocycles. The lowest BCUT2D eigenvalue weighted by atomic mass is 10.1. The molecule has 1 rings (SSSR count). The Morgan fingerprint density at radius 1 is 1.38 bits per heavy atom. The molecule has 0 aliphatic heterocycles. The van der Waals surface area contributed by atoms with Crippen molar-refractivity contribution < 1.29 is 17.9 Å². The summed E-state index contributed by atoms with van der Waals surface area (Å²) < 4.78 is 40.0. The predicted octanol–water partition coefficient (Wildman–Crippen LogP) is 3.35. The molecular weight excluding hydrogens is 219 g/mol. The molecule has 0 atom stereocenters. The number of ether oxygens (including phenoxy) is 1. The van der Waals surface area contributed by atoms with Crippen LogP contribution in [-0.4, -0.2) is 6.36 Å². The van der Waals surface area contributed by atoms with Gasteiger partial charge in [-0.25, -0.2) is 0 Å². The third-order valence-corrected chi connectivity index (χ3v) is 1.95. The van der Waals surface area contributed by atoms with Crippen LogP contribution in [0.1, 0.15) is 17.5 Å². The van der Waals surface area contributed by atoms with E-state index in [-0.39, 0.29) is 18.6 Å². The average Bonchev–Trinajstić information content (AvgIpc) is 2.16. The number of hydrogen-bond donors (Lipinski definition) is 0. The normalized spacial score (nSPS) is 10.9. The van der Waals surface area contributed by atoms with E-state index in [0.29, 0.717) is 5.56 Å². The molecule has 86 valence electrons.